The molecule has 0 saturated carbocycles. The molecule has 1 aromatic heterocycles. The predicted molar refractivity (Wildman–Crippen MR) is 47.7 cm³/mol. The van der Waals surface area contributed by atoms with Crippen molar-refractivity contribution in [2.45, 2.75) is 6.42 Å². The van der Waals surface area contributed by atoms with Crippen LogP contribution in [0.3, 0.4) is 0 Å². The Hall–Kier alpha value is -1.69. The van der Waals surface area contributed by atoms with E-state index in [4.69, 9.17) is 16.9 Å². The number of aromatic nitrogens is 1. The smallest absolute Gasteiger partial charge is 0.213 e. The molecule has 1 heterocycles. The highest BCUT2D eigenvalue weighted by Gasteiger charge is 2.00. The summed E-state index contributed by atoms with van der Waals surface area (Å²) in [4.78, 5) is 4.09. The molecular formula is C9H10N2O. The van der Waals surface area contributed by atoms with Crippen molar-refractivity contribution in [3.05, 3.63) is 17.8 Å². The number of nitrogens with two attached hydrogens (primary N) is 1. The minimum Gasteiger partial charge on any atom is -0.481 e. The summed E-state index contributed by atoms with van der Waals surface area (Å²) in [7, 11) is 1.55. The molecule has 0 spiro atoms. The van der Waals surface area contributed by atoms with E-state index in [2.05, 4.69) is 10.9 Å². The molecule has 0 amide bonds. The van der Waals surface area contributed by atoms with Gasteiger partial charge >= 0.3 is 0 Å². The van der Waals surface area contributed by atoms with Crippen LogP contribution in [0.1, 0.15) is 5.69 Å². The van der Waals surface area contributed by atoms with E-state index in [0.717, 1.165) is 0 Å². The van der Waals surface area contributed by atoms with Gasteiger partial charge in [0, 0.05) is 6.07 Å². The van der Waals surface area contributed by atoms with Crippen LogP contribution in [0.4, 0.5) is 5.69 Å². The molecule has 0 unspecified atom stereocenters. The maximum Gasteiger partial charge on any atom is 0.213 e. The number of methoxy groups -OCH3 is 1. The van der Waals surface area contributed by atoms with E-state index < -0.39 is 0 Å². The highest BCUT2D eigenvalue weighted by atomic mass is 16.5. The zero-order valence-electron chi connectivity index (χ0n) is 6.87. The lowest BCUT2D eigenvalue weighted by Gasteiger charge is -2.03. The summed E-state index contributed by atoms with van der Waals surface area (Å²) in [5.41, 5.74) is 6.91. The van der Waals surface area contributed by atoms with Crippen LogP contribution in [0.25, 0.3) is 0 Å². The van der Waals surface area contributed by atoms with Gasteiger partial charge in [0.1, 0.15) is 0 Å². The lowest BCUT2D eigenvalue weighted by atomic mass is 10.2. The van der Waals surface area contributed by atoms with Gasteiger partial charge in [0.05, 0.1) is 24.9 Å². The van der Waals surface area contributed by atoms with Gasteiger partial charge < -0.3 is 10.5 Å². The summed E-state index contributed by atoms with van der Waals surface area (Å²) in [5, 5.41) is 0. The number of anilines is 1. The number of nitrogens with zero attached hydrogens (tertiary/aromatic N) is 1. The fourth-order valence-electron chi connectivity index (χ4n) is 0.844. The summed E-state index contributed by atoms with van der Waals surface area (Å²) in [6, 6.07) is 3.44. The minimum absolute atomic E-state index is 0.434. The van der Waals surface area contributed by atoms with Crippen molar-refractivity contribution in [3.63, 3.8) is 0 Å². The van der Waals surface area contributed by atoms with Gasteiger partial charge in [-0.25, -0.2) is 4.98 Å². The van der Waals surface area contributed by atoms with E-state index in [9.17, 15) is 0 Å². The van der Waals surface area contributed by atoms with Crippen molar-refractivity contribution in [1.29, 1.82) is 0 Å². The van der Waals surface area contributed by atoms with Crippen LogP contribution in [0, 0.1) is 12.3 Å². The predicted octanol–water partition coefficient (Wildman–Crippen LogP) is 0.848. The van der Waals surface area contributed by atoms with Crippen LogP contribution >= 0.6 is 0 Å². The Morgan fingerprint density at radius 3 is 3.00 bits per heavy atom. The Kier molecular flexibility index (Phi) is 2.54. The van der Waals surface area contributed by atoms with Crippen LogP contribution in [0.15, 0.2) is 12.1 Å². The van der Waals surface area contributed by atoms with Crippen molar-refractivity contribution < 1.29 is 4.74 Å². The average molecular weight is 162 g/mol. The number of hydrogen-bond donors (Lipinski definition) is 1. The summed E-state index contributed by atoms with van der Waals surface area (Å²) >= 11 is 0. The number of pyridine rings is 1. The Morgan fingerprint density at radius 2 is 2.42 bits per heavy atom. The van der Waals surface area contributed by atoms with Crippen LogP contribution < -0.4 is 10.5 Å². The summed E-state index contributed by atoms with van der Waals surface area (Å²) < 4.78 is 4.92. The summed E-state index contributed by atoms with van der Waals surface area (Å²) in [6.07, 6.45) is 5.57. The first-order valence-electron chi connectivity index (χ1n) is 3.50. The quantitative estimate of drug-likeness (QED) is 0.656. The monoisotopic (exact) mass is 162 g/mol. The molecule has 0 saturated heterocycles. The molecule has 0 aliphatic carbocycles. The summed E-state index contributed by atoms with van der Waals surface area (Å²) in [5.74, 6) is 3.01. The molecule has 2 N–H and O–H groups in total. The molecule has 1 aromatic rings. The first kappa shape index (κ1) is 8.41. The molecule has 0 atom stereocenters. The molecule has 0 bridgehead atoms. The van der Waals surface area contributed by atoms with Gasteiger partial charge in [-0.2, -0.15) is 0 Å². The highest BCUT2D eigenvalue weighted by Crippen LogP contribution is 2.14. The second-order valence-electron chi connectivity index (χ2n) is 2.27. The number of hydrogen-bond acceptors (Lipinski definition) is 3. The first-order valence-corrected chi connectivity index (χ1v) is 3.50. The second-order valence-corrected chi connectivity index (χ2v) is 2.27. The zero-order valence-corrected chi connectivity index (χ0v) is 6.87. The van der Waals surface area contributed by atoms with Crippen molar-refractivity contribution in [1.82, 2.24) is 4.98 Å². The molecule has 0 aliphatic rings. The maximum absolute atomic E-state index is 5.62. The molecule has 0 aromatic carbocycles. The number of ether oxygens (including phenoxy) is 1. The van der Waals surface area contributed by atoms with Crippen molar-refractivity contribution >= 4 is 5.69 Å². The average Bonchev–Trinajstić information content (AvgIpc) is 2.09. The van der Waals surface area contributed by atoms with Crippen LogP contribution in [0.2, 0.25) is 0 Å². The third-order valence-electron chi connectivity index (χ3n) is 1.46. The van der Waals surface area contributed by atoms with Gasteiger partial charge in [-0.3, -0.25) is 0 Å². The molecule has 3 heteroatoms. The topological polar surface area (TPSA) is 48.1 Å². The van der Waals surface area contributed by atoms with Gasteiger partial charge in [-0.1, -0.05) is 0 Å². The fraction of sp³-hybridized carbons (Fsp3) is 0.222. The SMILES string of the molecule is C#CCc1nc(OC)ccc1N. The van der Waals surface area contributed by atoms with Gasteiger partial charge in [0.2, 0.25) is 5.88 Å². The fourth-order valence-corrected chi connectivity index (χ4v) is 0.844. The Labute approximate surface area is 71.6 Å². The third-order valence-corrected chi connectivity index (χ3v) is 1.46. The highest BCUT2D eigenvalue weighted by molar-refractivity contribution is 5.45. The normalized spacial score (nSPS) is 9.00. The Morgan fingerprint density at radius 1 is 1.67 bits per heavy atom. The zero-order chi connectivity index (χ0) is 8.97. The van der Waals surface area contributed by atoms with Crippen molar-refractivity contribution in [2.24, 2.45) is 0 Å². The first-order chi connectivity index (χ1) is 5.77. The van der Waals surface area contributed by atoms with Gasteiger partial charge in [0.25, 0.3) is 0 Å². The molecule has 62 valence electrons. The van der Waals surface area contributed by atoms with E-state index >= 15 is 0 Å². The van der Waals surface area contributed by atoms with E-state index in [1.165, 1.54) is 0 Å². The van der Waals surface area contributed by atoms with E-state index in [1.807, 2.05) is 0 Å². The molecule has 0 fully saturated rings. The lowest BCUT2D eigenvalue weighted by molar-refractivity contribution is 0.397. The molecule has 1 rings (SSSR count). The summed E-state index contributed by atoms with van der Waals surface area (Å²) in [6.45, 7) is 0. The Balaban J connectivity index is 3.01. The number of rotatable bonds is 2. The second kappa shape index (κ2) is 3.63. The molecule has 0 aliphatic heterocycles. The van der Waals surface area contributed by atoms with Crippen molar-refractivity contribution in [2.75, 3.05) is 12.8 Å². The van der Waals surface area contributed by atoms with Crippen LogP contribution in [0.5, 0.6) is 5.88 Å². The molecule has 12 heavy (non-hydrogen) atoms. The third kappa shape index (κ3) is 1.67. The van der Waals surface area contributed by atoms with E-state index in [1.54, 1.807) is 19.2 Å². The van der Waals surface area contributed by atoms with E-state index in [0.29, 0.717) is 23.7 Å². The van der Waals surface area contributed by atoms with Crippen LogP contribution in [-0.2, 0) is 6.42 Å². The molecular weight excluding hydrogens is 152 g/mol. The van der Waals surface area contributed by atoms with Gasteiger partial charge in [0.15, 0.2) is 0 Å². The van der Waals surface area contributed by atoms with Crippen LogP contribution in [-0.4, -0.2) is 12.1 Å². The largest absolute Gasteiger partial charge is 0.481 e. The van der Waals surface area contributed by atoms with Gasteiger partial charge in [-0.15, -0.1) is 12.3 Å². The number of terminal acetylenes is 1. The molecule has 3 nitrogen and oxygen atoms in total. The Bertz CT molecular complexity index is 315. The van der Waals surface area contributed by atoms with Gasteiger partial charge in [-0.05, 0) is 6.07 Å². The standard InChI is InChI=1S/C9H10N2O/c1-3-4-8-7(10)5-6-9(11-8)12-2/h1,5-6H,4,10H2,2H3. The minimum atomic E-state index is 0.434. The lowest BCUT2D eigenvalue weighted by Crippen LogP contribution is -1.98. The van der Waals surface area contributed by atoms with E-state index in [-0.39, 0.29) is 0 Å². The number of nitrogen functional groups attached to an aromatic ring is 1. The molecule has 0 radical (unpaired) electrons. The van der Waals surface area contributed by atoms with Crippen molar-refractivity contribution in [3.8, 4) is 18.2 Å². The maximum atomic E-state index is 5.62.